The van der Waals surface area contributed by atoms with Crippen LogP contribution in [0.5, 0.6) is 11.5 Å². The van der Waals surface area contributed by atoms with E-state index in [0.717, 1.165) is 28.5 Å². The van der Waals surface area contributed by atoms with Gasteiger partial charge in [0.15, 0.2) is 16.7 Å². The maximum atomic E-state index is 14.1. The maximum Gasteiger partial charge on any atom is 0.285 e. The summed E-state index contributed by atoms with van der Waals surface area (Å²) in [6.45, 7) is 5.65. The zero-order valence-electron chi connectivity index (χ0n) is 28.4. The molecule has 52 heavy (non-hydrogen) atoms. The molecule has 1 heterocycles. The van der Waals surface area contributed by atoms with Crippen LogP contribution in [0.2, 0.25) is 10.0 Å². The average Bonchev–Trinajstić information content (AvgIpc) is 3.16. The Labute approximate surface area is 317 Å². The molecule has 0 fully saturated rings. The van der Waals surface area contributed by atoms with Crippen molar-refractivity contribution >= 4 is 63.9 Å². The Hall–Kier alpha value is -5.35. The smallest absolute Gasteiger partial charge is 0.285 e. The van der Waals surface area contributed by atoms with Crippen LogP contribution in [-0.2, 0) is 21.0 Å². The fraction of sp³-hybridized carbons (Fsp3) is 0.122. The number of benzene rings is 4. The van der Waals surface area contributed by atoms with Gasteiger partial charge in [-0.25, -0.2) is 0 Å². The first-order chi connectivity index (χ1) is 25.2. The van der Waals surface area contributed by atoms with E-state index in [1.807, 2.05) is 60.7 Å². The van der Waals surface area contributed by atoms with Crippen molar-refractivity contribution in [2.75, 3.05) is 12.9 Å². The van der Waals surface area contributed by atoms with Crippen LogP contribution in [0.25, 0.3) is 6.08 Å². The first-order valence-electron chi connectivity index (χ1n) is 16.1. The molecule has 0 bridgehead atoms. The number of ether oxygens (including phenoxy) is 2. The molecular weight excluding hydrogens is 717 g/mol. The third kappa shape index (κ3) is 9.50. The highest BCUT2D eigenvalue weighted by molar-refractivity contribution is 8.14. The molecule has 1 N–H and O–H groups in total. The van der Waals surface area contributed by atoms with Crippen LogP contribution in [0.3, 0.4) is 0 Å². The summed E-state index contributed by atoms with van der Waals surface area (Å²) in [6.07, 6.45) is 8.08. The number of hydrogen-bond acceptors (Lipinski definition) is 6. The number of methoxy groups -OCH3 is 1. The Balaban J connectivity index is 1.38. The number of thioether (sulfide) groups is 1. The van der Waals surface area contributed by atoms with Gasteiger partial charge in [0.05, 0.1) is 18.9 Å². The quantitative estimate of drug-likeness (QED) is 0.0833. The Morgan fingerprint density at radius 1 is 0.962 bits per heavy atom. The lowest BCUT2D eigenvalue weighted by Crippen LogP contribution is -2.42. The highest BCUT2D eigenvalue weighted by atomic mass is 35.5. The average molecular weight is 753 g/mol. The molecule has 0 aromatic heterocycles. The van der Waals surface area contributed by atoms with E-state index in [1.54, 1.807) is 67.6 Å². The van der Waals surface area contributed by atoms with Gasteiger partial charge in [-0.2, -0.15) is 4.99 Å². The number of amides is 3. The Bertz CT molecular complexity index is 2040. The molecule has 3 amide bonds. The third-order valence-corrected chi connectivity index (χ3v) is 9.34. The fourth-order valence-corrected chi connectivity index (χ4v) is 6.52. The summed E-state index contributed by atoms with van der Waals surface area (Å²) in [4.78, 5) is 46.6. The van der Waals surface area contributed by atoms with Crippen molar-refractivity contribution in [2.24, 2.45) is 4.99 Å². The van der Waals surface area contributed by atoms with Crippen LogP contribution in [0.15, 0.2) is 144 Å². The minimum atomic E-state index is -0.740. The lowest BCUT2D eigenvalue weighted by atomic mass is 9.99. The number of rotatable bonds is 13. The van der Waals surface area contributed by atoms with Gasteiger partial charge >= 0.3 is 0 Å². The largest absolute Gasteiger partial charge is 0.493 e. The maximum absolute atomic E-state index is 14.1. The zero-order chi connectivity index (χ0) is 37.0. The number of hydrogen-bond donors (Lipinski definition) is 1. The van der Waals surface area contributed by atoms with Gasteiger partial charge in [0, 0.05) is 21.3 Å². The van der Waals surface area contributed by atoms with Gasteiger partial charge in [0.25, 0.3) is 11.8 Å². The Kier molecular flexibility index (Phi) is 13.3. The van der Waals surface area contributed by atoms with E-state index in [1.165, 1.54) is 18.1 Å². The number of halogens is 2. The van der Waals surface area contributed by atoms with Crippen molar-refractivity contribution in [1.29, 1.82) is 0 Å². The molecular formula is C41H35Cl2N3O5S. The molecule has 1 aliphatic heterocycles. The highest BCUT2D eigenvalue weighted by Crippen LogP contribution is 2.32. The minimum absolute atomic E-state index is 0.0715. The summed E-state index contributed by atoms with van der Waals surface area (Å²) >= 11 is 13.3. The monoisotopic (exact) mass is 751 g/mol. The number of allylic oxidation sites excluding steroid dienone is 4. The number of carbonyl (C=O) groups is 3. The van der Waals surface area contributed by atoms with E-state index < -0.39 is 17.9 Å². The molecule has 0 atom stereocenters. The number of carbonyl (C=O) groups excluding carboxylic acids is 3. The van der Waals surface area contributed by atoms with Crippen LogP contribution >= 0.6 is 35.0 Å². The highest BCUT2D eigenvalue weighted by Gasteiger charge is 2.35. The second-order valence-electron chi connectivity index (χ2n) is 11.3. The predicted molar refractivity (Wildman–Crippen MR) is 209 cm³/mol. The van der Waals surface area contributed by atoms with E-state index in [-0.39, 0.29) is 29.0 Å². The zero-order valence-corrected chi connectivity index (χ0v) is 30.8. The lowest BCUT2D eigenvalue weighted by Gasteiger charge is -2.28. The van der Waals surface area contributed by atoms with Gasteiger partial charge in [-0.05, 0) is 60.0 Å². The second kappa shape index (κ2) is 18.2. The molecule has 0 unspecified atom stereocenters. The molecule has 0 radical (unpaired) electrons. The normalized spacial score (nSPS) is 14.2. The van der Waals surface area contributed by atoms with E-state index in [2.05, 4.69) is 16.9 Å². The lowest BCUT2D eigenvalue weighted by molar-refractivity contribution is -0.126. The molecule has 5 rings (SSSR count). The van der Waals surface area contributed by atoms with Gasteiger partial charge in [-0.15, -0.1) is 0 Å². The van der Waals surface area contributed by atoms with Crippen LogP contribution in [0, 0.1) is 0 Å². The first kappa shape index (κ1) is 37.9. The third-order valence-electron chi connectivity index (χ3n) is 7.81. The van der Waals surface area contributed by atoms with Gasteiger partial charge in [-0.3, -0.25) is 19.3 Å². The van der Waals surface area contributed by atoms with Crippen molar-refractivity contribution in [3.05, 3.63) is 172 Å². The Morgan fingerprint density at radius 2 is 1.65 bits per heavy atom. The molecule has 4 aromatic carbocycles. The topological polar surface area (TPSA) is 97.3 Å². The SMILES string of the molecule is C=C/C=C\C(=C/C)N1C(=O)/C(=C/c2ccc(OCc3ccc(Cl)cc3Cl)c(OC)c2)C(=O)N=C1SCC(=O)NC(c1ccccc1)c1ccccc1. The van der Waals surface area contributed by atoms with Crippen LogP contribution in [0.1, 0.15) is 35.2 Å². The van der Waals surface area contributed by atoms with Crippen molar-refractivity contribution in [2.45, 2.75) is 19.6 Å². The van der Waals surface area contributed by atoms with E-state index in [0.29, 0.717) is 32.8 Å². The number of aliphatic imine (C=N–C) groups is 1. The Morgan fingerprint density at radius 3 is 2.27 bits per heavy atom. The number of amidine groups is 1. The summed E-state index contributed by atoms with van der Waals surface area (Å²) in [7, 11) is 1.49. The van der Waals surface area contributed by atoms with Crippen LogP contribution < -0.4 is 14.8 Å². The molecule has 0 saturated heterocycles. The van der Waals surface area contributed by atoms with Crippen molar-refractivity contribution < 1.29 is 23.9 Å². The van der Waals surface area contributed by atoms with Gasteiger partial charge < -0.3 is 14.8 Å². The van der Waals surface area contributed by atoms with Crippen LogP contribution in [0.4, 0.5) is 0 Å². The molecule has 264 valence electrons. The molecule has 11 heteroatoms. The summed E-state index contributed by atoms with van der Waals surface area (Å²) in [6, 6.07) is 29.0. The standard InChI is InChI=1S/C41H35Cl2N3O5S/c1-4-6-17-32(5-2)46-40(49)33(22-27-18-21-35(36(23-27)50-3)51-25-30-19-20-31(42)24-34(30)43)39(48)45-41(46)52-26-37(47)44-38(28-13-9-7-10-14-28)29-15-11-8-12-16-29/h4-24,38H,1,25-26H2,2-3H3,(H,44,47)/b17-6-,32-5+,33-22+. The fourth-order valence-electron chi connectivity index (χ4n) is 5.25. The van der Waals surface area contributed by atoms with Gasteiger partial charge in [0.1, 0.15) is 12.2 Å². The van der Waals surface area contributed by atoms with E-state index in [4.69, 9.17) is 32.7 Å². The first-order valence-corrected chi connectivity index (χ1v) is 17.9. The van der Waals surface area contributed by atoms with Gasteiger partial charge in [-0.1, -0.05) is 133 Å². The molecule has 4 aromatic rings. The van der Waals surface area contributed by atoms with Crippen molar-refractivity contribution in [1.82, 2.24) is 10.2 Å². The molecule has 0 spiro atoms. The van der Waals surface area contributed by atoms with E-state index >= 15 is 0 Å². The molecule has 8 nitrogen and oxygen atoms in total. The van der Waals surface area contributed by atoms with Gasteiger partial charge in [0.2, 0.25) is 5.91 Å². The van der Waals surface area contributed by atoms with Crippen molar-refractivity contribution in [3.63, 3.8) is 0 Å². The molecule has 1 aliphatic rings. The second-order valence-corrected chi connectivity index (χ2v) is 13.0. The molecule has 0 saturated carbocycles. The summed E-state index contributed by atoms with van der Waals surface area (Å²) in [5, 5.41) is 4.15. The summed E-state index contributed by atoms with van der Waals surface area (Å²) in [5.41, 5.74) is 3.35. The van der Waals surface area contributed by atoms with Crippen LogP contribution in [-0.4, -0.2) is 40.7 Å². The van der Waals surface area contributed by atoms with Crippen molar-refractivity contribution in [3.8, 4) is 11.5 Å². The number of nitrogens with zero attached hydrogens (tertiary/aromatic N) is 2. The predicted octanol–water partition coefficient (Wildman–Crippen LogP) is 8.97. The van der Waals surface area contributed by atoms with E-state index in [9.17, 15) is 14.4 Å². The minimum Gasteiger partial charge on any atom is -0.493 e. The summed E-state index contributed by atoms with van der Waals surface area (Å²) < 4.78 is 11.5. The number of nitrogens with one attached hydrogen (secondary N) is 1. The summed E-state index contributed by atoms with van der Waals surface area (Å²) in [5.74, 6) is -0.940. The molecule has 0 aliphatic carbocycles.